The minimum Gasteiger partial charge on any atom is -0.466 e. The summed E-state index contributed by atoms with van der Waals surface area (Å²) in [4.78, 5) is 36.9. The van der Waals surface area contributed by atoms with Crippen molar-refractivity contribution in [1.29, 1.82) is 0 Å². The lowest BCUT2D eigenvalue weighted by molar-refractivity contribution is -0.156. The second kappa shape index (κ2) is 10.9. The van der Waals surface area contributed by atoms with Crippen molar-refractivity contribution in [2.75, 3.05) is 13.7 Å². The molecule has 1 heterocycles. The van der Waals surface area contributed by atoms with Crippen molar-refractivity contribution in [3.05, 3.63) is 35.5 Å². The smallest absolute Gasteiger partial charge is 0.333 e. The van der Waals surface area contributed by atoms with Gasteiger partial charge in [-0.2, -0.15) is 0 Å². The van der Waals surface area contributed by atoms with Crippen LogP contribution in [0.1, 0.15) is 60.3 Å². The molecule has 1 aliphatic carbocycles. The Bertz CT molecular complexity index is 803. The molecule has 4 unspecified atom stereocenters. The molecule has 7 nitrogen and oxygen atoms in total. The van der Waals surface area contributed by atoms with Gasteiger partial charge >= 0.3 is 17.9 Å². The fourth-order valence-corrected chi connectivity index (χ4v) is 3.89. The van der Waals surface area contributed by atoms with Crippen LogP contribution in [0.5, 0.6) is 0 Å². The van der Waals surface area contributed by atoms with Gasteiger partial charge in [0.25, 0.3) is 0 Å². The van der Waals surface area contributed by atoms with Gasteiger partial charge in [-0.15, -0.1) is 0 Å². The first-order valence-corrected chi connectivity index (χ1v) is 11.1. The van der Waals surface area contributed by atoms with Crippen molar-refractivity contribution in [2.24, 2.45) is 11.8 Å². The molecule has 4 atom stereocenters. The second-order valence-corrected chi connectivity index (χ2v) is 9.25. The number of methoxy groups -OCH3 is 1. The third kappa shape index (κ3) is 6.55. The maximum atomic E-state index is 12.5. The Kier molecular flexibility index (Phi) is 8.84. The summed E-state index contributed by atoms with van der Waals surface area (Å²) in [5, 5.41) is 0. The van der Waals surface area contributed by atoms with Crippen LogP contribution in [0.15, 0.2) is 35.5 Å². The van der Waals surface area contributed by atoms with Crippen LogP contribution in [0.4, 0.5) is 0 Å². The Morgan fingerprint density at radius 2 is 1.97 bits per heavy atom. The molecule has 1 saturated heterocycles. The van der Waals surface area contributed by atoms with E-state index in [1.54, 1.807) is 13.8 Å². The largest absolute Gasteiger partial charge is 0.466 e. The zero-order valence-corrected chi connectivity index (χ0v) is 20.1. The molecule has 0 aromatic carbocycles. The van der Waals surface area contributed by atoms with Gasteiger partial charge in [0.15, 0.2) is 5.60 Å². The molecule has 1 aliphatic heterocycles. The molecule has 32 heavy (non-hydrogen) atoms. The van der Waals surface area contributed by atoms with E-state index < -0.39 is 17.7 Å². The first kappa shape index (κ1) is 25.8. The molecular weight excluding hydrogens is 412 g/mol. The van der Waals surface area contributed by atoms with E-state index in [0.717, 1.165) is 11.1 Å². The van der Waals surface area contributed by atoms with Crippen molar-refractivity contribution in [2.45, 2.75) is 78.1 Å². The SMILES string of the molecule is C=C(C)C1CC=C(C(=O)OC)CCC2OC2(COC(=O)C(C)C)C(OC(=O)C=C(C)C)C1. The number of esters is 3. The number of carbonyl (C=O) groups is 3. The number of allylic oxidation sites excluding steroid dienone is 3. The number of hydrogen-bond donors (Lipinski definition) is 0. The molecule has 1 fully saturated rings. The maximum absolute atomic E-state index is 12.5. The lowest BCUT2D eigenvalue weighted by Gasteiger charge is -2.29. The molecule has 0 aromatic heterocycles. The predicted octanol–water partition coefficient (Wildman–Crippen LogP) is 4.07. The fourth-order valence-electron chi connectivity index (χ4n) is 3.89. The minimum absolute atomic E-state index is 0.0123. The van der Waals surface area contributed by atoms with Gasteiger partial charge in [0, 0.05) is 11.6 Å². The third-order valence-electron chi connectivity index (χ3n) is 5.94. The molecule has 0 N–H and O–H groups in total. The fraction of sp³-hybridized carbons (Fsp3) is 0.640. The summed E-state index contributed by atoms with van der Waals surface area (Å²) in [6.45, 7) is 13.1. The highest BCUT2D eigenvalue weighted by Gasteiger charge is 2.64. The number of hydrogen-bond acceptors (Lipinski definition) is 7. The second-order valence-electron chi connectivity index (χ2n) is 9.25. The van der Waals surface area contributed by atoms with E-state index >= 15 is 0 Å². The number of rotatable bonds is 7. The number of carbonyl (C=O) groups excluding carboxylic acids is 3. The van der Waals surface area contributed by atoms with Crippen molar-refractivity contribution in [1.82, 2.24) is 0 Å². The standard InChI is InChI=1S/C25H36O7/c1-15(2)12-22(26)31-21-13-19(16(3)4)9-8-18(24(28)29-7)10-11-20-25(21,32-20)14-30-23(27)17(5)6/h8,12,17,19-21H,3,9-11,13-14H2,1-2,4-7H3. The Morgan fingerprint density at radius 1 is 1.28 bits per heavy atom. The monoisotopic (exact) mass is 448 g/mol. The summed E-state index contributed by atoms with van der Waals surface area (Å²) in [5.74, 6) is -1.50. The average Bonchev–Trinajstić information content (AvgIpc) is 3.43. The summed E-state index contributed by atoms with van der Waals surface area (Å²) in [6, 6.07) is 0. The van der Waals surface area contributed by atoms with Crippen LogP contribution in [0.25, 0.3) is 0 Å². The van der Waals surface area contributed by atoms with E-state index in [0.29, 0.717) is 31.3 Å². The zero-order valence-electron chi connectivity index (χ0n) is 20.1. The molecular formula is C25H36O7. The van der Waals surface area contributed by atoms with E-state index in [9.17, 15) is 14.4 Å². The highest BCUT2D eigenvalue weighted by molar-refractivity contribution is 5.88. The first-order valence-electron chi connectivity index (χ1n) is 11.1. The summed E-state index contributed by atoms with van der Waals surface area (Å²) in [6.07, 6.45) is 4.36. The lowest BCUT2D eigenvalue weighted by Crippen LogP contribution is -2.42. The van der Waals surface area contributed by atoms with Crippen molar-refractivity contribution >= 4 is 17.9 Å². The maximum Gasteiger partial charge on any atom is 0.333 e. The van der Waals surface area contributed by atoms with Crippen LogP contribution in [0, 0.1) is 11.8 Å². The molecule has 0 spiro atoms. The Balaban J connectivity index is 2.38. The molecule has 7 heteroatoms. The van der Waals surface area contributed by atoms with E-state index in [1.165, 1.54) is 13.2 Å². The van der Waals surface area contributed by atoms with E-state index in [-0.39, 0.29) is 36.5 Å². The summed E-state index contributed by atoms with van der Waals surface area (Å²) in [7, 11) is 1.36. The van der Waals surface area contributed by atoms with Crippen LogP contribution in [0.2, 0.25) is 0 Å². The zero-order chi connectivity index (χ0) is 24.1. The van der Waals surface area contributed by atoms with E-state index in [1.807, 2.05) is 26.8 Å². The van der Waals surface area contributed by atoms with Gasteiger partial charge in [0.2, 0.25) is 0 Å². The number of fused-ring (bicyclic) bond motifs is 1. The van der Waals surface area contributed by atoms with Gasteiger partial charge in [-0.05, 0) is 52.4 Å². The highest BCUT2D eigenvalue weighted by Crippen LogP contribution is 2.48. The normalized spacial score (nSPS) is 27.3. The van der Waals surface area contributed by atoms with Gasteiger partial charge in [-0.3, -0.25) is 4.79 Å². The van der Waals surface area contributed by atoms with Crippen molar-refractivity contribution in [3.63, 3.8) is 0 Å². The minimum atomic E-state index is -0.942. The van der Waals surface area contributed by atoms with Crippen molar-refractivity contribution < 1.29 is 33.3 Å². The molecule has 0 radical (unpaired) electrons. The molecule has 0 amide bonds. The summed E-state index contributed by atoms with van der Waals surface area (Å²) >= 11 is 0. The Hall–Kier alpha value is -2.41. The molecule has 2 aliphatic rings. The quantitative estimate of drug-likeness (QED) is 0.191. The van der Waals surface area contributed by atoms with Gasteiger partial charge in [0.1, 0.15) is 12.7 Å². The molecule has 2 rings (SSSR count). The van der Waals surface area contributed by atoms with Gasteiger partial charge in [0.05, 0.1) is 19.1 Å². The van der Waals surface area contributed by atoms with Crippen LogP contribution < -0.4 is 0 Å². The summed E-state index contributed by atoms with van der Waals surface area (Å²) in [5.41, 5.74) is 1.37. The van der Waals surface area contributed by atoms with Crippen LogP contribution in [-0.2, 0) is 33.3 Å². The lowest BCUT2D eigenvalue weighted by atomic mass is 9.83. The van der Waals surface area contributed by atoms with E-state index in [4.69, 9.17) is 18.9 Å². The predicted molar refractivity (Wildman–Crippen MR) is 120 cm³/mol. The van der Waals surface area contributed by atoms with Crippen molar-refractivity contribution in [3.8, 4) is 0 Å². The number of ether oxygens (including phenoxy) is 4. The topological polar surface area (TPSA) is 91.4 Å². The van der Waals surface area contributed by atoms with Gasteiger partial charge in [-0.1, -0.05) is 37.6 Å². The molecule has 0 bridgehead atoms. The third-order valence-corrected chi connectivity index (χ3v) is 5.94. The van der Waals surface area contributed by atoms with Gasteiger partial charge < -0.3 is 18.9 Å². The summed E-state index contributed by atoms with van der Waals surface area (Å²) < 4.78 is 22.4. The number of epoxide rings is 1. The molecule has 178 valence electrons. The van der Waals surface area contributed by atoms with E-state index in [2.05, 4.69) is 6.58 Å². The average molecular weight is 449 g/mol. The van der Waals surface area contributed by atoms with Crippen LogP contribution in [0.3, 0.4) is 0 Å². The van der Waals surface area contributed by atoms with Gasteiger partial charge in [-0.25, -0.2) is 9.59 Å². The Morgan fingerprint density at radius 3 is 2.53 bits per heavy atom. The molecule has 0 saturated carbocycles. The first-order chi connectivity index (χ1) is 15.0. The van der Waals surface area contributed by atoms with Crippen LogP contribution in [-0.4, -0.2) is 49.4 Å². The highest BCUT2D eigenvalue weighted by atomic mass is 16.7. The molecule has 0 aromatic rings. The van der Waals surface area contributed by atoms with Crippen LogP contribution >= 0.6 is 0 Å². The Labute approximate surface area is 190 Å².